The van der Waals surface area contributed by atoms with E-state index < -0.39 is 53.3 Å². The molecule has 256 valence electrons. The van der Waals surface area contributed by atoms with Gasteiger partial charge in [0.1, 0.15) is 29.9 Å². The Kier molecular flexibility index (Phi) is 9.24. The third-order valence-electron chi connectivity index (χ3n) is 10.0. The van der Waals surface area contributed by atoms with Crippen molar-refractivity contribution in [3.63, 3.8) is 0 Å². The van der Waals surface area contributed by atoms with Gasteiger partial charge in [-0.2, -0.15) is 0 Å². The van der Waals surface area contributed by atoms with E-state index in [1.54, 1.807) is 24.3 Å². The number of rotatable bonds is 11. The van der Waals surface area contributed by atoms with Gasteiger partial charge < -0.3 is 30.3 Å². The van der Waals surface area contributed by atoms with E-state index in [2.05, 4.69) is 17.2 Å². The van der Waals surface area contributed by atoms with E-state index in [1.165, 1.54) is 0 Å². The fourth-order valence-electron chi connectivity index (χ4n) is 8.17. The smallest absolute Gasteiger partial charge is 0.324 e. The minimum absolute atomic E-state index is 0.0103. The minimum atomic E-state index is -1.67. The number of nitrogens with zero attached hydrogens (tertiary/aromatic N) is 1. The molecule has 0 unspecified atom stereocenters. The Balaban J connectivity index is 1.58. The van der Waals surface area contributed by atoms with Crippen LogP contribution in [0.1, 0.15) is 46.0 Å². The molecular weight excluding hydrogens is 634 g/mol. The molecule has 4 aromatic rings. The van der Waals surface area contributed by atoms with Crippen molar-refractivity contribution in [2.75, 3.05) is 31.7 Å². The summed E-state index contributed by atoms with van der Waals surface area (Å²) in [6.45, 7) is 3.51. The minimum Gasteiger partial charge on any atom is -0.491 e. The Morgan fingerprint density at radius 1 is 0.920 bits per heavy atom. The lowest BCUT2D eigenvalue weighted by atomic mass is 9.65. The molecule has 7 rings (SSSR count). The van der Waals surface area contributed by atoms with Crippen LogP contribution in [-0.2, 0) is 31.0 Å². The molecule has 2 saturated heterocycles. The molecule has 0 aliphatic carbocycles. The number of carbonyl (C=O) groups is 3. The topological polar surface area (TPSA) is 137 Å². The van der Waals surface area contributed by atoms with Gasteiger partial charge in [0, 0.05) is 24.4 Å². The Hall–Kier alpha value is -5.29. The van der Waals surface area contributed by atoms with E-state index in [0.29, 0.717) is 29.0 Å². The molecule has 10 nitrogen and oxygen atoms in total. The Bertz CT molecular complexity index is 1900. The van der Waals surface area contributed by atoms with Crippen LogP contribution in [0.4, 0.5) is 5.69 Å². The van der Waals surface area contributed by atoms with Gasteiger partial charge in [-0.25, -0.2) is 0 Å². The maximum atomic E-state index is 15.0. The summed E-state index contributed by atoms with van der Waals surface area (Å²) in [4.78, 5) is 46.4. The maximum absolute atomic E-state index is 15.0. The predicted molar refractivity (Wildman–Crippen MR) is 186 cm³/mol. The number of para-hydroxylation sites is 1. The highest BCUT2D eigenvalue weighted by atomic mass is 16.6. The van der Waals surface area contributed by atoms with Crippen molar-refractivity contribution in [3.8, 4) is 5.75 Å². The predicted octanol–water partition coefficient (Wildman–Crippen LogP) is 4.17. The van der Waals surface area contributed by atoms with Crippen molar-refractivity contribution in [3.05, 3.63) is 144 Å². The molecule has 50 heavy (non-hydrogen) atoms. The van der Waals surface area contributed by atoms with E-state index in [0.717, 1.165) is 16.7 Å². The van der Waals surface area contributed by atoms with E-state index in [-0.39, 0.29) is 26.4 Å². The number of nitrogens with one attached hydrogen (secondary N) is 2. The zero-order chi connectivity index (χ0) is 34.8. The average Bonchev–Trinajstić information content (AvgIpc) is 3.62. The number of cyclic esters (lactones) is 1. The number of carbonyl (C=O) groups excluding carboxylic acids is 3. The van der Waals surface area contributed by atoms with Crippen LogP contribution in [0.3, 0.4) is 0 Å². The summed E-state index contributed by atoms with van der Waals surface area (Å²) < 4.78 is 12.5. The zero-order valence-electron chi connectivity index (χ0n) is 27.4. The summed E-state index contributed by atoms with van der Waals surface area (Å²) in [5.41, 5.74) is 2.31. The lowest BCUT2D eigenvalue weighted by Crippen LogP contribution is -2.54. The molecule has 3 aliphatic rings. The molecule has 2 amide bonds. The van der Waals surface area contributed by atoms with Crippen molar-refractivity contribution in [2.45, 2.75) is 36.1 Å². The lowest BCUT2D eigenvalue weighted by molar-refractivity contribution is -0.178. The number of aliphatic hydroxyl groups excluding tert-OH is 2. The lowest BCUT2D eigenvalue weighted by Gasteiger charge is -2.46. The highest BCUT2D eigenvalue weighted by molar-refractivity contribution is 6.12. The second-order valence-electron chi connectivity index (χ2n) is 12.7. The van der Waals surface area contributed by atoms with E-state index in [4.69, 9.17) is 9.47 Å². The number of benzene rings is 4. The average molecular weight is 674 g/mol. The van der Waals surface area contributed by atoms with Crippen LogP contribution < -0.4 is 15.4 Å². The molecule has 4 aromatic carbocycles. The van der Waals surface area contributed by atoms with Crippen molar-refractivity contribution in [1.82, 2.24) is 10.2 Å². The van der Waals surface area contributed by atoms with Crippen molar-refractivity contribution >= 4 is 23.5 Å². The Morgan fingerprint density at radius 2 is 1.62 bits per heavy atom. The second kappa shape index (κ2) is 13.9. The molecule has 4 N–H and O–H groups in total. The Labute approximate surface area is 290 Å². The number of morpholine rings is 1. The van der Waals surface area contributed by atoms with Crippen molar-refractivity contribution in [2.24, 2.45) is 5.92 Å². The monoisotopic (exact) mass is 673 g/mol. The molecule has 1 spiro atoms. The first kappa shape index (κ1) is 33.2. The third kappa shape index (κ3) is 5.36. The fraction of sp³-hybridized carbons (Fsp3) is 0.275. The van der Waals surface area contributed by atoms with Crippen LogP contribution in [-0.4, -0.2) is 65.3 Å². The van der Waals surface area contributed by atoms with E-state index in [9.17, 15) is 19.8 Å². The SMILES string of the molecule is C=CCNC(=O)[C@H]1[C@@H]2C(=O)O[C@@H](c3ccccc3)[C@@H](c3ccccc3)N2[C@@H](c2ccccc2OCCO)[C@]12C(=O)Nc1ccc(CCO)cc12. The zero-order valence-corrected chi connectivity index (χ0v) is 27.4. The molecule has 2 fully saturated rings. The van der Waals surface area contributed by atoms with Crippen LogP contribution in [0.25, 0.3) is 0 Å². The number of ether oxygens (including phenoxy) is 2. The third-order valence-corrected chi connectivity index (χ3v) is 10.0. The van der Waals surface area contributed by atoms with Crippen LogP contribution >= 0.6 is 0 Å². The van der Waals surface area contributed by atoms with E-state index in [1.807, 2.05) is 89.8 Å². The van der Waals surface area contributed by atoms with Gasteiger partial charge >= 0.3 is 5.97 Å². The normalized spacial score (nSPS) is 25.4. The van der Waals surface area contributed by atoms with Gasteiger partial charge in [0.2, 0.25) is 11.8 Å². The number of esters is 1. The molecule has 0 saturated carbocycles. The quantitative estimate of drug-likeness (QED) is 0.138. The van der Waals surface area contributed by atoms with Gasteiger partial charge in [0.15, 0.2) is 0 Å². The van der Waals surface area contributed by atoms with Crippen molar-refractivity contribution in [1.29, 1.82) is 0 Å². The Morgan fingerprint density at radius 3 is 2.32 bits per heavy atom. The maximum Gasteiger partial charge on any atom is 0.324 e. The molecule has 0 bridgehead atoms. The number of anilines is 1. The molecule has 3 aliphatic heterocycles. The second-order valence-corrected chi connectivity index (χ2v) is 12.7. The van der Waals surface area contributed by atoms with Gasteiger partial charge in [-0.3, -0.25) is 19.3 Å². The van der Waals surface area contributed by atoms with Crippen molar-refractivity contribution < 1.29 is 34.1 Å². The summed E-state index contributed by atoms with van der Waals surface area (Å²) in [6, 6.07) is 29.0. The highest BCUT2D eigenvalue weighted by Gasteiger charge is 2.74. The van der Waals surface area contributed by atoms with Gasteiger partial charge in [0.25, 0.3) is 0 Å². The number of hydrogen-bond donors (Lipinski definition) is 4. The first-order valence-electron chi connectivity index (χ1n) is 16.8. The van der Waals surface area contributed by atoms with E-state index >= 15 is 4.79 Å². The fourth-order valence-corrected chi connectivity index (χ4v) is 8.17. The van der Waals surface area contributed by atoms with Gasteiger partial charge in [-0.1, -0.05) is 97.1 Å². The van der Waals surface area contributed by atoms with Crippen LogP contribution in [0.15, 0.2) is 116 Å². The highest BCUT2D eigenvalue weighted by Crippen LogP contribution is 2.65. The molecule has 3 heterocycles. The number of amides is 2. The summed E-state index contributed by atoms with van der Waals surface area (Å²) in [7, 11) is 0. The first-order chi connectivity index (χ1) is 24.4. The first-order valence-corrected chi connectivity index (χ1v) is 16.8. The molecular formula is C40H39N3O7. The largest absolute Gasteiger partial charge is 0.491 e. The molecule has 10 heteroatoms. The molecule has 6 atom stereocenters. The van der Waals surface area contributed by atoms with Crippen LogP contribution in [0.5, 0.6) is 5.75 Å². The molecule has 0 aromatic heterocycles. The summed E-state index contributed by atoms with van der Waals surface area (Å²) in [5, 5.41) is 25.6. The van der Waals surface area contributed by atoms with Gasteiger partial charge in [0.05, 0.1) is 24.6 Å². The van der Waals surface area contributed by atoms with Crippen LogP contribution in [0.2, 0.25) is 0 Å². The summed E-state index contributed by atoms with van der Waals surface area (Å²) in [6.07, 6.45) is 1.07. The molecule has 0 radical (unpaired) electrons. The number of hydrogen-bond acceptors (Lipinski definition) is 8. The number of aliphatic hydroxyl groups is 2. The van der Waals surface area contributed by atoms with Gasteiger partial charge in [-0.15, -0.1) is 6.58 Å². The van der Waals surface area contributed by atoms with Crippen LogP contribution in [0, 0.1) is 5.92 Å². The van der Waals surface area contributed by atoms with Gasteiger partial charge in [-0.05, 0) is 40.8 Å². The summed E-state index contributed by atoms with van der Waals surface area (Å²) >= 11 is 0. The summed E-state index contributed by atoms with van der Waals surface area (Å²) in [5.74, 6) is -2.44. The standard InChI is InChI=1S/C40H39N3O7/c1-2-20-41-37(46)32-34-38(47)50-35(27-13-7-4-8-14-27)33(26-11-5-3-6-12-26)43(34)36(28-15-9-10-16-31(28)49-23-22-45)40(32)29-24-25(19-21-44)17-18-30(29)42-39(40)48/h2-18,24,32-36,44-45H,1,19-23H2,(H,41,46)(H,42,48)/t32-,33-,34-,35+,36+,40-/m1/s1. The number of fused-ring (bicyclic) bond motifs is 3.